The van der Waals surface area contributed by atoms with Crippen LogP contribution in [0, 0.1) is 0 Å². The summed E-state index contributed by atoms with van der Waals surface area (Å²) < 4.78 is 0. The van der Waals surface area contributed by atoms with Gasteiger partial charge in [-0.25, -0.2) is 0 Å². The molecule has 0 aromatic heterocycles. The summed E-state index contributed by atoms with van der Waals surface area (Å²) in [5, 5.41) is 3.62. The Morgan fingerprint density at radius 3 is 2.53 bits per heavy atom. The average Bonchev–Trinajstić information content (AvgIpc) is 2.75. The van der Waals surface area contributed by atoms with Crippen LogP contribution in [0.15, 0.2) is 30.3 Å². The minimum Gasteiger partial charge on any atom is -0.315 e. The van der Waals surface area contributed by atoms with Gasteiger partial charge in [-0.15, -0.1) is 0 Å². The Balaban J connectivity index is 1.80. The van der Waals surface area contributed by atoms with Gasteiger partial charge in [0.05, 0.1) is 0 Å². The lowest BCUT2D eigenvalue weighted by molar-refractivity contribution is 0.112. The molecule has 0 spiro atoms. The van der Waals surface area contributed by atoms with Crippen LogP contribution in [0.5, 0.6) is 0 Å². The molecule has 1 atom stereocenters. The molecule has 1 aromatic rings. The van der Waals surface area contributed by atoms with E-state index in [1.807, 2.05) is 0 Å². The molecule has 1 heterocycles. The van der Waals surface area contributed by atoms with Gasteiger partial charge < -0.3 is 5.32 Å². The third kappa shape index (κ3) is 3.18. The number of benzene rings is 1. The SMILES string of the molecule is c1ccc(C2CNCCCN2C2CCCCC2)cc1. The molecule has 2 aliphatic rings. The molecule has 0 amide bonds. The standard InChI is InChI=1S/C17H26N2/c1-3-8-15(9-4-1)17-14-18-12-7-13-19(17)16-10-5-2-6-11-16/h1,3-4,8-9,16-18H,2,5-7,10-14H2. The van der Waals surface area contributed by atoms with Crippen LogP contribution in [0.1, 0.15) is 50.1 Å². The molecule has 1 aliphatic heterocycles. The van der Waals surface area contributed by atoms with Crippen molar-refractivity contribution in [3.63, 3.8) is 0 Å². The lowest BCUT2D eigenvalue weighted by Gasteiger charge is -2.39. The second-order valence-corrected chi connectivity index (χ2v) is 6.01. The van der Waals surface area contributed by atoms with Crippen LogP contribution in [-0.4, -0.2) is 30.6 Å². The Morgan fingerprint density at radius 1 is 0.947 bits per heavy atom. The van der Waals surface area contributed by atoms with Gasteiger partial charge in [0.1, 0.15) is 0 Å². The summed E-state index contributed by atoms with van der Waals surface area (Å²) >= 11 is 0. The van der Waals surface area contributed by atoms with Crippen LogP contribution < -0.4 is 5.32 Å². The van der Waals surface area contributed by atoms with Crippen molar-refractivity contribution in [3.8, 4) is 0 Å². The van der Waals surface area contributed by atoms with Crippen LogP contribution in [0.2, 0.25) is 0 Å². The summed E-state index contributed by atoms with van der Waals surface area (Å²) in [4.78, 5) is 2.80. The van der Waals surface area contributed by atoms with Crippen molar-refractivity contribution in [2.75, 3.05) is 19.6 Å². The number of hydrogen-bond donors (Lipinski definition) is 1. The lowest BCUT2D eigenvalue weighted by Crippen LogP contribution is -2.41. The second-order valence-electron chi connectivity index (χ2n) is 6.01. The highest BCUT2D eigenvalue weighted by atomic mass is 15.2. The van der Waals surface area contributed by atoms with Gasteiger partial charge in [-0.2, -0.15) is 0 Å². The summed E-state index contributed by atoms with van der Waals surface area (Å²) in [6, 6.07) is 12.5. The summed E-state index contributed by atoms with van der Waals surface area (Å²) in [6.45, 7) is 3.55. The van der Waals surface area contributed by atoms with Crippen molar-refractivity contribution >= 4 is 0 Å². The zero-order valence-electron chi connectivity index (χ0n) is 11.9. The molecule has 2 nitrogen and oxygen atoms in total. The van der Waals surface area contributed by atoms with E-state index in [4.69, 9.17) is 0 Å². The monoisotopic (exact) mass is 258 g/mol. The molecule has 1 unspecified atom stereocenters. The second kappa shape index (κ2) is 6.53. The van der Waals surface area contributed by atoms with Crippen molar-refractivity contribution in [1.82, 2.24) is 10.2 Å². The van der Waals surface area contributed by atoms with Crippen molar-refractivity contribution < 1.29 is 0 Å². The molecule has 1 aliphatic carbocycles. The van der Waals surface area contributed by atoms with E-state index in [0.717, 1.165) is 12.6 Å². The summed E-state index contributed by atoms with van der Waals surface area (Å²) in [5.41, 5.74) is 1.49. The van der Waals surface area contributed by atoms with E-state index in [1.54, 1.807) is 0 Å². The lowest BCUT2D eigenvalue weighted by atomic mass is 9.92. The van der Waals surface area contributed by atoms with Gasteiger partial charge in [0.25, 0.3) is 0 Å². The highest BCUT2D eigenvalue weighted by Gasteiger charge is 2.29. The molecule has 1 saturated carbocycles. The van der Waals surface area contributed by atoms with E-state index in [-0.39, 0.29) is 0 Å². The molecular weight excluding hydrogens is 232 g/mol. The van der Waals surface area contributed by atoms with Crippen LogP contribution in [0.3, 0.4) is 0 Å². The molecule has 2 fully saturated rings. The van der Waals surface area contributed by atoms with Gasteiger partial charge in [0.2, 0.25) is 0 Å². The maximum atomic E-state index is 3.62. The van der Waals surface area contributed by atoms with Gasteiger partial charge in [-0.3, -0.25) is 4.90 Å². The smallest absolute Gasteiger partial charge is 0.0475 e. The minimum absolute atomic E-state index is 0.576. The number of nitrogens with zero attached hydrogens (tertiary/aromatic N) is 1. The predicted molar refractivity (Wildman–Crippen MR) is 80.2 cm³/mol. The minimum atomic E-state index is 0.576. The predicted octanol–water partition coefficient (Wildman–Crippen LogP) is 3.36. The molecule has 1 saturated heterocycles. The van der Waals surface area contributed by atoms with Gasteiger partial charge in [-0.1, -0.05) is 49.6 Å². The van der Waals surface area contributed by atoms with E-state index < -0.39 is 0 Å². The topological polar surface area (TPSA) is 15.3 Å². The molecule has 1 N–H and O–H groups in total. The summed E-state index contributed by atoms with van der Waals surface area (Å²) in [7, 11) is 0. The van der Waals surface area contributed by atoms with E-state index in [1.165, 1.54) is 57.2 Å². The van der Waals surface area contributed by atoms with Crippen LogP contribution in [0.25, 0.3) is 0 Å². The third-order valence-electron chi connectivity index (χ3n) is 4.74. The molecule has 1 aromatic carbocycles. The van der Waals surface area contributed by atoms with Crippen LogP contribution >= 0.6 is 0 Å². The van der Waals surface area contributed by atoms with Crippen molar-refractivity contribution in [3.05, 3.63) is 35.9 Å². The zero-order chi connectivity index (χ0) is 12.9. The Hall–Kier alpha value is -0.860. The maximum Gasteiger partial charge on any atom is 0.0475 e. The van der Waals surface area contributed by atoms with Gasteiger partial charge >= 0.3 is 0 Å². The third-order valence-corrected chi connectivity index (χ3v) is 4.74. The first-order chi connectivity index (χ1) is 9.45. The number of rotatable bonds is 2. The van der Waals surface area contributed by atoms with Crippen LogP contribution in [-0.2, 0) is 0 Å². The van der Waals surface area contributed by atoms with Crippen LogP contribution in [0.4, 0.5) is 0 Å². The Labute approximate surface area is 117 Å². The van der Waals surface area contributed by atoms with Gasteiger partial charge in [0, 0.05) is 25.2 Å². The molecule has 0 radical (unpaired) electrons. The van der Waals surface area contributed by atoms with Crippen molar-refractivity contribution in [2.45, 2.75) is 50.6 Å². The first-order valence-electron chi connectivity index (χ1n) is 7.96. The molecule has 19 heavy (non-hydrogen) atoms. The van der Waals surface area contributed by atoms with E-state index in [9.17, 15) is 0 Å². The highest BCUT2D eigenvalue weighted by Crippen LogP contribution is 2.31. The fourth-order valence-electron chi connectivity index (χ4n) is 3.73. The first-order valence-corrected chi connectivity index (χ1v) is 7.96. The summed E-state index contributed by atoms with van der Waals surface area (Å²) in [6.07, 6.45) is 8.40. The number of nitrogens with one attached hydrogen (secondary N) is 1. The Bertz CT molecular complexity index is 370. The average molecular weight is 258 g/mol. The highest BCUT2D eigenvalue weighted by molar-refractivity contribution is 5.20. The maximum absolute atomic E-state index is 3.62. The molecule has 0 bridgehead atoms. The molecule has 2 heteroatoms. The molecule has 104 valence electrons. The van der Waals surface area contributed by atoms with E-state index in [0.29, 0.717) is 6.04 Å². The summed E-state index contributed by atoms with van der Waals surface area (Å²) in [5.74, 6) is 0. The Morgan fingerprint density at radius 2 is 1.74 bits per heavy atom. The van der Waals surface area contributed by atoms with Gasteiger partial charge in [0.15, 0.2) is 0 Å². The fraction of sp³-hybridized carbons (Fsp3) is 0.647. The zero-order valence-corrected chi connectivity index (χ0v) is 11.9. The van der Waals surface area contributed by atoms with Crippen molar-refractivity contribution in [1.29, 1.82) is 0 Å². The largest absolute Gasteiger partial charge is 0.315 e. The fourth-order valence-corrected chi connectivity index (χ4v) is 3.73. The quantitative estimate of drug-likeness (QED) is 0.875. The van der Waals surface area contributed by atoms with Crippen molar-refractivity contribution in [2.24, 2.45) is 0 Å². The normalized spacial score (nSPS) is 27.1. The number of hydrogen-bond acceptors (Lipinski definition) is 2. The van der Waals surface area contributed by atoms with E-state index >= 15 is 0 Å². The molecule has 3 rings (SSSR count). The molecular formula is C17H26N2. The van der Waals surface area contributed by atoms with Gasteiger partial charge in [-0.05, 0) is 31.4 Å². The Kier molecular flexibility index (Phi) is 4.52. The van der Waals surface area contributed by atoms with E-state index in [2.05, 4.69) is 40.5 Å². The first kappa shape index (κ1) is 13.1.